The van der Waals surface area contributed by atoms with E-state index in [2.05, 4.69) is 36.8 Å². The van der Waals surface area contributed by atoms with Gasteiger partial charge in [0.25, 0.3) is 0 Å². The van der Waals surface area contributed by atoms with Crippen molar-refractivity contribution in [3.8, 4) is 11.6 Å². The van der Waals surface area contributed by atoms with Gasteiger partial charge in [-0.25, -0.2) is 9.37 Å². The number of aromatic nitrogens is 1. The first-order valence-electron chi connectivity index (χ1n) is 4.40. The number of hydrogen-bond donors (Lipinski definition) is 0. The summed E-state index contributed by atoms with van der Waals surface area (Å²) in [7, 11) is 0. The lowest BCUT2D eigenvalue weighted by Crippen LogP contribution is -1.90. The molecule has 0 aliphatic heterocycles. The van der Waals surface area contributed by atoms with Crippen molar-refractivity contribution in [3.63, 3.8) is 0 Å². The van der Waals surface area contributed by atoms with Crippen LogP contribution < -0.4 is 4.74 Å². The van der Waals surface area contributed by atoms with Gasteiger partial charge in [-0.2, -0.15) is 0 Å². The number of ether oxygens (including phenoxy) is 1. The minimum atomic E-state index is -0.320. The van der Waals surface area contributed by atoms with Crippen LogP contribution in [-0.2, 0) is 0 Å². The molecule has 1 aromatic carbocycles. The van der Waals surface area contributed by atoms with E-state index in [9.17, 15) is 4.39 Å². The highest BCUT2D eigenvalue weighted by Crippen LogP contribution is 2.32. The van der Waals surface area contributed by atoms with E-state index in [1.807, 2.05) is 6.07 Å². The van der Waals surface area contributed by atoms with E-state index < -0.39 is 0 Å². The first kappa shape index (κ1) is 11.5. The second-order valence-electron chi connectivity index (χ2n) is 2.97. The van der Waals surface area contributed by atoms with Gasteiger partial charge in [0, 0.05) is 6.20 Å². The Morgan fingerprint density at radius 1 is 1.12 bits per heavy atom. The molecule has 0 unspecified atom stereocenters. The second kappa shape index (κ2) is 4.93. The summed E-state index contributed by atoms with van der Waals surface area (Å²) in [6.07, 6.45) is 1.62. The van der Waals surface area contributed by atoms with Crippen molar-refractivity contribution >= 4 is 31.9 Å². The molecule has 0 bridgehead atoms. The Bertz CT molecular complexity index is 519. The zero-order valence-electron chi connectivity index (χ0n) is 7.95. The van der Waals surface area contributed by atoms with Gasteiger partial charge in [-0.3, -0.25) is 0 Å². The molecular weight excluding hydrogens is 341 g/mol. The predicted octanol–water partition coefficient (Wildman–Crippen LogP) is 4.54. The summed E-state index contributed by atoms with van der Waals surface area (Å²) in [6, 6.07) is 7.82. The Labute approximate surface area is 109 Å². The molecule has 2 rings (SSSR count). The number of pyridine rings is 1. The Balaban J connectivity index is 2.31. The molecule has 0 saturated carbocycles. The predicted molar refractivity (Wildman–Crippen MR) is 66.1 cm³/mol. The van der Waals surface area contributed by atoms with Crippen molar-refractivity contribution in [2.24, 2.45) is 0 Å². The fourth-order valence-electron chi connectivity index (χ4n) is 1.11. The van der Waals surface area contributed by atoms with E-state index in [0.717, 1.165) is 4.47 Å². The number of nitrogens with zero attached hydrogens (tertiary/aromatic N) is 1. The average molecular weight is 347 g/mol. The molecule has 2 aromatic rings. The third-order valence-corrected chi connectivity index (χ3v) is 3.05. The van der Waals surface area contributed by atoms with Gasteiger partial charge in [0.05, 0.1) is 8.95 Å². The topological polar surface area (TPSA) is 22.1 Å². The summed E-state index contributed by atoms with van der Waals surface area (Å²) in [5.74, 6) is 0.634. The minimum absolute atomic E-state index is 0.320. The molecule has 1 aromatic heterocycles. The van der Waals surface area contributed by atoms with Gasteiger partial charge in [-0.15, -0.1) is 0 Å². The monoisotopic (exact) mass is 345 g/mol. The molecule has 0 radical (unpaired) electrons. The van der Waals surface area contributed by atoms with Crippen molar-refractivity contribution < 1.29 is 9.13 Å². The highest BCUT2D eigenvalue weighted by atomic mass is 79.9. The summed E-state index contributed by atoms with van der Waals surface area (Å²) in [6.45, 7) is 0. The number of halogens is 3. The number of hydrogen-bond acceptors (Lipinski definition) is 2. The molecule has 0 saturated heterocycles. The molecule has 0 fully saturated rings. The largest absolute Gasteiger partial charge is 0.437 e. The zero-order valence-corrected chi connectivity index (χ0v) is 11.1. The maximum atomic E-state index is 12.9. The first-order chi connectivity index (χ1) is 7.66. The van der Waals surface area contributed by atoms with Crippen LogP contribution in [0.5, 0.6) is 11.6 Å². The molecule has 0 atom stereocenters. The maximum Gasteiger partial charge on any atom is 0.233 e. The van der Waals surface area contributed by atoms with Crippen molar-refractivity contribution in [1.29, 1.82) is 0 Å². The molecule has 0 aliphatic rings. The first-order valence-corrected chi connectivity index (χ1v) is 5.99. The molecule has 1 heterocycles. The van der Waals surface area contributed by atoms with Gasteiger partial charge >= 0.3 is 0 Å². The van der Waals surface area contributed by atoms with Crippen molar-refractivity contribution in [1.82, 2.24) is 4.98 Å². The molecule has 16 heavy (non-hydrogen) atoms. The van der Waals surface area contributed by atoms with Crippen LogP contribution in [-0.4, -0.2) is 4.98 Å². The molecule has 5 heteroatoms. The number of benzene rings is 1. The molecular formula is C11H6Br2FNO. The summed E-state index contributed by atoms with van der Waals surface area (Å²) in [5, 5.41) is 0. The van der Waals surface area contributed by atoms with Crippen LogP contribution >= 0.6 is 31.9 Å². The average Bonchev–Trinajstić information content (AvgIpc) is 2.25. The van der Waals surface area contributed by atoms with Gasteiger partial charge in [0.2, 0.25) is 5.88 Å². The lowest BCUT2D eigenvalue weighted by Gasteiger charge is -2.07. The Morgan fingerprint density at radius 2 is 1.94 bits per heavy atom. The molecule has 0 amide bonds. The normalized spacial score (nSPS) is 10.2. The minimum Gasteiger partial charge on any atom is -0.437 e. The van der Waals surface area contributed by atoms with Crippen LogP contribution in [0.25, 0.3) is 0 Å². The van der Waals surface area contributed by atoms with E-state index >= 15 is 0 Å². The third-order valence-electron chi connectivity index (χ3n) is 1.83. The van der Waals surface area contributed by atoms with Gasteiger partial charge in [-0.1, -0.05) is 0 Å². The van der Waals surface area contributed by atoms with Crippen molar-refractivity contribution in [3.05, 3.63) is 51.3 Å². The highest BCUT2D eigenvalue weighted by molar-refractivity contribution is 9.11. The van der Waals surface area contributed by atoms with Crippen LogP contribution in [0.2, 0.25) is 0 Å². The fraction of sp³-hybridized carbons (Fsp3) is 0. The fourth-order valence-corrected chi connectivity index (χ4v) is 1.88. The van der Waals surface area contributed by atoms with Gasteiger partial charge in [0.15, 0.2) is 0 Å². The van der Waals surface area contributed by atoms with E-state index in [1.54, 1.807) is 18.3 Å². The Kier molecular flexibility index (Phi) is 3.56. The van der Waals surface area contributed by atoms with E-state index in [-0.39, 0.29) is 5.82 Å². The van der Waals surface area contributed by atoms with E-state index in [1.165, 1.54) is 12.1 Å². The molecule has 0 spiro atoms. The molecule has 2 nitrogen and oxygen atoms in total. The summed E-state index contributed by atoms with van der Waals surface area (Å²) in [4.78, 5) is 4.05. The van der Waals surface area contributed by atoms with Crippen LogP contribution in [0, 0.1) is 5.82 Å². The molecule has 82 valence electrons. The standard InChI is InChI=1S/C11H6Br2FNO/c12-8-2-1-5-15-11(8)16-10-4-3-7(14)6-9(10)13/h1-6H. The molecule has 0 N–H and O–H groups in total. The summed E-state index contributed by atoms with van der Waals surface area (Å²) >= 11 is 6.54. The van der Waals surface area contributed by atoms with Crippen molar-refractivity contribution in [2.75, 3.05) is 0 Å². The smallest absolute Gasteiger partial charge is 0.233 e. The van der Waals surface area contributed by atoms with E-state index in [4.69, 9.17) is 4.74 Å². The lowest BCUT2D eigenvalue weighted by atomic mass is 10.3. The van der Waals surface area contributed by atoms with Crippen LogP contribution in [0.15, 0.2) is 45.5 Å². The maximum absolute atomic E-state index is 12.9. The Hall–Kier alpha value is -0.940. The van der Waals surface area contributed by atoms with Gasteiger partial charge in [-0.05, 0) is 62.2 Å². The van der Waals surface area contributed by atoms with Crippen molar-refractivity contribution in [2.45, 2.75) is 0 Å². The summed E-state index contributed by atoms with van der Waals surface area (Å²) < 4.78 is 19.7. The third kappa shape index (κ3) is 2.59. The summed E-state index contributed by atoms with van der Waals surface area (Å²) in [5.41, 5.74) is 0. The Morgan fingerprint density at radius 3 is 2.62 bits per heavy atom. The highest BCUT2D eigenvalue weighted by Gasteiger charge is 2.07. The van der Waals surface area contributed by atoms with Gasteiger partial charge in [0.1, 0.15) is 11.6 Å². The van der Waals surface area contributed by atoms with Crippen LogP contribution in [0.1, 0.15) is 0 Å². The second-order valence-corrected chi connectivity index (χ2v) is 4.68. The lowest BCUT2D eigenvalue weighted by molar-refractivity contribution is 0.455. The quantitative estimate of drug-likeness (QED) is 0.796. The SMILES string of the molecule is Fc1ccc(Oc2ncccc2Br)c(Br)c1. The van der Waals surface area contributed by atoms with Gasteiger partial charge < -0.3 is 4.74 Å². The number of rotatable bonds is 2. The molecule has 0 aliphatic carbocycles. The van der Waals surface area contributed by atoms with E-state index in [0.29, 0.717) is 16.1 Å². The van der Waals surface area contributed by atoms with Crippen LogP contribution in [0.4, 0.5) is 4.39 Å². The van der Waals surface area contributed by atoms with Crippen LogP contribution in [0.3, 0.4) is 0 Å². The zero-order chi connectivity index (χ0) is 11.5.